The molecule has 2 rings (SSSR count). The summed E-state index contributed by atoms with van der Waals surface area (Å²) in [6, 6.07) is 0. The van der Waals surface area contributed by atoms with E-state index in [4.69, 9.17) is 11.5 Å². The lowest BCUT2D eigenvalue weighted by Crippen LogP contribution is -2.05. The number of anilines is 1. The predicted octanol–water partition coefficient (Wildman–Crippen LogP) is 0.416. The van der Waals surface area contributed by atoms with Gasteiger partial charge in [0.05, 0.1) is 0 Å². The third-order valence-corrected chi connectivity index (χ3v) is 2.76. The van der Waals surface area contributed by atoms with Crippen molar-refractivity contribution in [2.24, 2.45) is 5.73 Å². The first-order valence-corrected chi connectivity index (χ1v) is 6.02. The van der Waals surface area contributed by atoms with Crippen LogP contribution in [0.5, 0.6) is 0 Å². The maximum absolute atomic E-state index is 5.83. The summed E-state index contributed by atoms with van der Waals surface area (Å²) in [4.78, 5) is 14.7. The summed E-state index contributed by atoms with van der Waals surface area (Å²) in [5.74, 6) is 1.31. The highest BCUT2D eigenvalue weighted by atomic mass is 15.0. The Morgan fingerprint density at radius 2 is 2.00 bits per heavy atom. The summed E-state index contributed by atoms with van der Waals surface area (Å²) in [7, 11) is 0. The van der Waals surface area contributed by atoms with Crippen molar-refractivity contribution in [1.29, 1.82) is 0 Å². The number of aromatic amines is 2. The molecule has 0 radical (unpaired) electrons. The number of fused-ring (bicyclic) bond motifs is 1. The van der Waals surface area contributed by atoms with Crippen molar-refractivity contribution in [3.63, 3.8) is 0 Å². The summed E-state index contributed by atoms with van der Waals surface area (Å²) >= 11 is 0. The van der Waals surface area contributed by atoms with Gasteiger partial charge in [-0.2, -0.15) is 4.98 Å². The molecule has 0 atom stereocenters. The van der Waals surface area contributed by atoms with Crippen LogP contribution in [-0.2, 0) is 6.42 Å². The lowest BCUT2D eigenvalue weighted by Gasteiger charge is -1.98. The van der Waals surface area contributed by atoms with Gasteiger partial charge in [-0.15, -0.1) is 0 Å². The highest BCUT2D eigenvalue weighted by Gasteiger charge is 2.12. The molecule has 92 valence electrons. The molecule has 6 N–H and O–H groups in total. The summed E-state index contributed by atoms with van der Waals surface area (Å²) in [6.45, 7) is 0.772. The van der Waals surface area contributed by atoms with E-state index in [1.165, 1.54) is 6.42 Å². The van der Waals surface area contributed by atoms with Gasteiger partial charge in [-0.05, 0) is 19.4 Å². The van der Waals surface area contributed by atoms with Gasteiger partial charge in [0.15, 0.2) is 12.1 Å². The lowest BCUT2D eigenvalue weighted by atomic mass is 10.1. The van der Waals surface area contributed by atoms with E-state index >= 15 is 0 Å². The molecule has 0 aliphatic heterocycles. The molecule has 0 spiro atoms. The Morgan fingerprint density at radius 3 is 2.82 bits per heavy atom. The number of hydrogen-bond acceptors (Lipinski definition) is 4. The molecule has 0 unspecified atom stereocenters. The van der Waals surface area contributed by atoms with Crippen molar-refractivity contribution >= 4 is 17.0 Å². The van der Waals surface area contributed by atoms with Crippen LogP contribution in [0.3, 0.4) is 0 Å². The third-order valence-electron chi connectivity index (χ3n) is 2.76. The maximum atomic E-state index is 5.83. The van der Waals surface area contributed by atoms with Gasteiger partial charge in [-0.1, -0.05) is 17.8 Å². The molecule has 6 heteroatoms. The average molecular weight is 235 g/mol. The molecule has 17 heavy (non-hydrogen) atoms. The van der Waals surface area contributed by atoms with Crippen LogP contribution in [0.2, 0.25) is 0 Å². The van der Waals surface area contributed by atoms with E-state index in [0.29, 0.717) is 5.82 Å². The van der Waals surface area contributed by atoms with Gasteiger partial charge in [0, 0.05) is 6.42 Å². The van der Waals surface area contributed by atoms with Crippen LogP contribution in [0, 0.1) is 0 Å². The van der Waals surface area contributed by atoms with Gasteiger partial charge in [0.1, 0.15) is 0 Å². The highest BCUT2D eigenvalue weighted by molar-refractivity contribution is 5.78. The lowest BCUT2D eigenvalue weighted by molar-refractivity contribution is -0.347. The second-order valence-electron chi connectivity index (χ2n) is 4.13. The molecule has 0 bridgehead atoms. The van der Waals surface area contributed by atoms with Crippen molar-refractivity contribution in [2.45, 2.75) is 32.1 Å². The Labute approximate surface area is 99.9 Å². The molecule has 6 nitrogen and oxygen atoms in total. The molecule has 0 amide bonds. The van der Waals surface area contributed by atoms with Crippen LogP contribution in [0.4, 0.5) is 5.82 Å². The molecule has 0 aliphatic rings. The molecular formula is C11H19N6+. The zero-order valence-electron chi connectivity index (χ0n) is 9.87. The SMILES string of the molecule is NCCCCCCc1nc(N)c2[nH]c[nH+]c2n1. The highest BCUT2D eigenvalue weighted by Crippen LogP contribution is 2.12. The summed E-state index contributed by atoms with van der Waals surface area (Å²) < 4.78 is 0. The van der Waals surface area contributed by atoms with Gasteiger partial charge in [0.2, 0.25) is 11.3 Å². The maximum Gasteiger partial charge on any atom is 0.305 e. The molecule has 2 heterocycles. The molecule has 0 aliphatic carbocycles. The van der Waals surface area contributed by atoms with Gasteiger partial charge >= 0.3 is 5.65 Å². The van der Waals surface area contributed by atoms with Crippen LogP contribution < -0.4 is 16.5 Å². The van der Waals surface area contributed by atoms with Crippen LogP contribution >= 0.6 is 0 Å². The van der Waals surface area contributed by atoms with Crippen molar-refractivity contribution in [2.75, 3.05) is 12.3 Å². The van der Waals surface area contributed by atoms with Crippen molar-refractivity contribution < 1.29 is 4.98 Å². The van der Waals surface area contributed by atoms with Crippen LogP contribution in [0.15, 0.2) is 6.33 Å². The Balaban J connectivity index is 1.94. The van der Waals surface area contributed by atoms with E-state index in [9.17, 15) is 0 Å². The first-order valence-electron chi connectivity index (χ1n) is 6.02. The first-order chi connectivity index (χ1) is 8.31. The second kappa shape index (κ2) is 5.58. The number of aryl methyl sites for hydroxylation is 1. The minimum Gasteiger partial charge on any atom is -0.380 e. The number of nitrogens with zero attached hydrogens (tertiary/aromatic N) is 2. The molecule has 0 saturated heterocycles. The molecule has 0 fully saturated rings. The van der Waals surface area contributed by atoms with Crippen molar-refractivity contribution in [3.05, 3.63) is 12.2 Å². The molecule has 0 aromatic carbocycles. The zero-order valence-corrected chi connectivity index (χ0v) is 9.87. The first kappa shape index (κ1) is 11.8. The summed E-state index contributed by atoms with van der Waals surface area (Å²) in [6.07, 6.45) is 7.08. The van der Waals surface area contributed by atoms with Crippen LogP contribution in [0.25, 0.3) is 11.2 Å². The number of nitrogens with one attached hydrogen (secondary N) is 2. The van der Waals surface area contributed by atoms with Crippen molar-refractivity contribution in [1.82, 2.24) is 15.0 Å². The number of nitrogen functional groups attached to an aromatic ring is 1. The predicted molar refractivity (Wildman–Crippen MR) is 66.1 cm³/mol. The standard InChI is InChI=1S/C11H18N6/c12-6-4-2-1-3-5-8-16-10(13)9-11(17-8)15-7-14-9/h7H,1-6,12H2,(H3,13,14,15,16,17)/p+1. The fourth-order valence-corrected chi connectivity index (χ4v) is 1.84. The quantitative estimate of drug-likeness (QED) is 0.630. The minimum absolute atomic E-state index is 0.508. The number of H-pyrrole nitrogens is 2. The minimum atomic E-state index is 0.508. The van der Waals surface area contributed by atoms with E-state index in [2.05, 4.69) is 19.9 Å². The summed E-state index contributed by atoms with van der Waals surface area (Å²) in [5.41, 5.74) is 12.8. The van der Waals surface area contributed by atoms with Crippen LogP contribution in [-0.4, -0.2) is 21.5 Å². The molecule has 2 aromatic heterocycles. The van der Waals surface area contributed by atoms with Crippen LogP contribution in [0.1, 0.15) is 31.5 Å². The molecule has 0 saturated carbocycles. The van der Waals surface area contributed by atoms with Gasteiger partial charge < -0.3 is 11.5 Å². The van der Waals surface area contributed by atoms with E-state index in [-0.39, 0.29) is 0 Å². The number of rotatable bonds is 6. The third kappa shape index (κ3) is 2.91. The fraction of sp³-hybridized carbons (Fsp3) is 0.545. The molecular weight excluding hydrogens is 216 g/mol. The smallest absolute Gasteiger partial charge is 0.305 e. The van der Waals surface area contributed by atoms with Gasteiger partial charge in [0.25, 0.3) is 0 Å². The van der Waals surface area contributed by atoms with E-state index < -0.39 is 0 Å². The van der Waals surface area contributed by atoms with Crippen molar-refractivity contribution in [3.8, 4) is 0 Å². The largest absolute Gasteiger partial charge is 0.380 e. The molecule has 2 aromatic rings. The average Bonchev–Trinajstić information content (AvgIpc) is 2.77. The number of unbranched alkanes of at least 4 members (excludes halogenated alkanes) is 3. The number of imidazole rings is 1. The zero-order chi connectivity index (χ0) is 12.1. The van der Waals surface area contributed by atoms with E-state index in [0.717, 1.165) is 49.2 Å². The van der Waals surface area contributed by atoms with Gasteiger partial charge in [-0.25, -0.2) is 4.98 Å². The van der Waals surface area contributed by atoms with E-state index in [1.807, 2.05) is 0 Å². The second-order valence-corrected chi connectivity index (χ2v) is 4.13. The topological polar surface area (TPSA) is 108 Å². The monoisotopic (exact) mass is 235 g/mol. The number of aromatic nitrogens is 4. The fourth-order valence-electron chi connectivity index (χ4n) is 1.84. The Kier molecular flexibility index (Phi) is 3.87. The Bertz CT molecular complexity index is 478. The Morgan fingerprint density at radius 1 is 1.18 bits per heavy atom. The van der Waals surface area contributed by atoms with Gasteiger partial charge in [-0.3, -0.25) is 4.98 Å². The number of nitrogens with two attached hydrogens (primary N) is 2. The Hall–Kier alpha value is -1.69. The summed E-state index contributed by atoms with van der Waals surface area (Å²) in [5, 5.41) is 0. The normalized spacial score (nSPS) is 11.1. The number of hydrogen-bond donors (Lipinski definition) is 3. The van der Waals surface area contributed by atoms with E-state index in [1.54, 1.807) is 6.33 Å².